The molecule has 0 heterocycles. The Bertz CT molecular complexity index is 470. The zero-order chi connectivity index (χ0) is 14.0. The predicted octanol–water partition coefficient (Wildman–Crippen LogP) is 1.91. The molecule has 0 radical (unpaired) electrons. The number of hydrogen-bond donors (Lipinski definition) is 1. The average Bonchev–Trinajstić information content (AvgIpc) is 2.39. The van der Waals surface area contributed by atoms with E-state index in [0.717, 1.165) is 36.1 Å². The summed E-state index contributed by atoms with van der Waals surface area (Å²) in [5.41, 5.74) is 1.98. The topological polar surface area (TPSA) is 49.8 Å². The van der Waals surface area contributed by atoms with Crippen molar-refractivity contribution in [1.82, 2.24) is 4.90 Å². The number of likely N-dealkylation sites (N-methyl/N-ethyl adjacent to an activating group) is 1. The minimum absolute atomic E-state index is 0.0611. The summed E-state index contributed by atoms with van der Waals surface area (Å²) in [5.74, 6) is 0.660. The van der Waals surface area contributed by atoms with Gasteiger partial charge in [0, 0.05) is 14.1 Å². The summed E-state index contributed by atoms with van der Waals surface area (Å²) < 4.78 is 5.78. The average molecular weight is 263 g/mol. The second-order valence-electron chi connectivity index (χ2n) is 5.22. The number of amides is 1. The lowest BCUT2D eigenvalue weighted by Gasteiger charge is -2.25. The van der Waals surface area contributed by atoms with Gasteiger partial charge in [0.1, 0.15) is 5.75 Å². The van der Waals surface area contributed by atoms with Gasteiger partial charge in [-0.1, -0.05) is 12.1 Å². The van der Waals surface area contributed by atoms with E-state index in [1.54, 1.807) is 21.0 Å². The zero-order valence-electron chi connectivity index (χ0n) is 11.7. The van der Waals surface area contributed by atoms with Crippen molar-refractivity contribution in [3.63, 3.8) is 0 Å². The van der Waals surface area contributed by atoms with Gasteiger partial charge in [0.2, 0.25) is 0 Å². The number of fused-ring (bicyclic) bond motifs is 1. The SMILES string of the molecule is CC(Oc1cccc2c1CCCC2O)C(=O)N(C)C. The lowest BCUT2D eigenvalue weighted by molar-refractivity contribution is -0.135. The molecule has 4 heteroatoms. The number of aliphatic hydroxyl groups is 1. The van der Waals surface area contributed by atoms with Crippen LogP contribution in [0.15, 0.2) is 18.2 Å². The normalized spacial score (nSPS) is 19.5. The fourth-order valence-corrected chi connectivity index (χ4v) is 2.50. The summed E-state index contributed by atoms with van der Waals surface area (Å²) in [7, 11) is 3.43. The van der Waals surface area contributed by atoms with Crippen molar-refractivity contribution in [2.75, 3.05) is 14.1 Å². The Hall–Kier alpha value is -1.55. The van der Waals surface area contributed by atoms with E-state index in [9.17, 15) is 9.90 Å². The van der Waals surface area contributed by atoms with E-state index in [1.165, 1.54) is 4.90 Å². The van der Waals surface area contributed by atoms with Crippen LogP contribution < -0.4 is 4.74 Å². The highest BCUT2D eigenvalue weighted by molar-refractivity contribution is 5.80. The first-order valence-electron chi connectivity index (χ1n) is 6.68. The van der Waals surface area contributed by atoms with E-state index in [2.05, 4.69) is 0 Å². The van der Waals surface area contributed by atoms with E-state index in [0.29, 0.717) is 0 Å². The van der Waals surface area contributed by atoms with Gasteiger partial charge in [-0.2, -0.15) is 0 Å². The summed E-state index contributed by atoms with van der Waals surface area (Å²) >= 11 is 0. The Morgan fingerprint density at radius 2 is 2.21 bits per heavy atom. The fourth-order valence-electron chi connectivity index (χ4n) is 2.50. The number of hydrogen-bond acceptors (Lipinski definition) is 3. The molecule has 2 unspecified atom stereocenters. The minimum atomic E-state index is -0.513. The molecule has 1 amide bonds. The molecule has 1 N–H and O–H groups in total. The molecule has 0 bridgehead atoms. The summed E-state index contributed by atoms with van der Waals surface area (Å²) in [4.78, 5) is 13.4. The van der Waals surface area contributed by atoms with Crippen LogP contribution in [0.2, 0.25) is 0 Å². The summed E-state index contributed by atoms with van der Waals surface area (Å²) in [6, 6.07) is 5.68. The molecule has 1 aliphatic carbocycles. The monoisotopic (exact) mass is 263 g/mol. The number of carbonyl (C=O) groups excluding carboxylic acids is 1. The molecular weight excluding hydrogens is 242 g/mol. The highest BCUT2D eigenvalue weighted by atomic mass is 16.5. The summed E-state index contributed by atoms with van der Waals surface area (Å²) in [6.07, 6.45) is 1.71. The zero-order valence-corrected chi connectivity index (χ0v) is 11.7. The maximum absolute atomic E-state index is 11.8. The first-order chi connectivity index (χ1) is 9.00. The standard InChI is InChI=1S/C15H21NO3/c1-10(15(18)16(2)3)19-14-9-5-6-11-12(14)7-4-8-13(11)17/h5-6,9-10,13,17H,4,7-8H2,1-3H3. The lowest BCUT2D eigenvalue weighted by Crippen LogP contribution is -2.35. The Morgan fingerprint density at radius 1 is 1.47 bits per heavy atom. The Morgan fingerprint density at radius 3 is 2.89 bits per heavy atom. The van der Waals surface area contributed by atoms with Crippen molar-refractivity contribution in [1.29, 1.82) is 0 Å². The minimum Gasteiger partial charge on any atom is -0.481 e. The van der Waals surface area contributed by atoms with Crippen LogP contribution in [0.1, 0.15) is 37.0 Å². The van der Waals surface area contributed by atoms with E-state index < -0.39 is 12.2 Å². The molecule has 0 aliphatic heterocycles. The molecule has 2 atom stereocenters. The molecule has 1 aromatic carbocycles. The van der Waals surface area contributed by atoms with Crippen molar-refractivity contribution in [2.45, 2.75) is 38.4 Å². The lowest BCUT2D eigenvalue weighted by atomic mass is 9.89. The van der Waals surface area contributed by atoms with Crippen LogP contribution in [0.5, 0.6) is 5.75 Å². The number of rotatable bonds is 3. The summed E-state index contributed by atoms with van der Waals surface area (Å²) in [6.45, 7) is 1.75. The Labute approximate surface area is 114 Å². The van der Waals surface area contributed by atoms with Crippen molar-refractivity contribution in [3.8, 4) is 5.75 Å². The smallest absolute Gasteiger partial charge is 0.262 e. The molecule has 1 aliphatic rings. The van der Waals surface area contributed by atoms with Gasteiger partial charge < -0.3 is 14.7 Å². The first-order valence-corrected chi connectivity index (χ1v) is 6.68. The van der Waals surface area contributed by atoms with E-state index >= 15 is 0 Å². The van der Waals surface area contributed by atoms with Crippen LogP contribution in [-0.2, 0) is 11.2 Å². The van der Waals surface area contributed by atoms with Gasteiger partial charge >= 0.3 is 0 Å². The molecular formula is C15H21NO3. The van der Waals surface area contributed by atoms with Crippen molar-refractivity contribution >= 4 is 5.91 Å². The third-order valence-corrected chi connectivity index (χ3v) is 3.52. The summed E-state index contributed by atoms with van der Waals surface area (Å²) in [5, 5.41) is 9.99. The number of ether oxygens (including phenoxy) is 1. The Balaban J connectivity index is 2.22. The largest absolute Gasteiger partial charge is 0.481 e. The molecule has 104 valence electrons. The molecule has 1 aromatic rings. The molecule has 0 aromatic heterocycles. The van der Waals surface area contributed by atoms with Gasteiger partial charge in [0.25, 0.3) is 5.91 Å². The van der Waals surface area contributed by atoms with E-state index in [1.807, 2.05) is 18.2 Å². The van der Waals surface area contributed by atoms with E-state index in [-0.39, 0.29) is 5.91 Å². The second kappa shape index (κ2) is 5.61. The highest BCUT2D eigenvalue weighted by Crippen LogP contribution is 2.35. The number of carbonyl (C=O) groups is 1. The quantitative estimate of drug-likeness (QED) is 0.906. The van der Waals surface area contributed by atoms with Gasteiger partial charge in [-0.05, 0) is 43.4 Å². The second-order valence-corrected chi connectivity index (χ2v) is 5.22. The van der Waals surface area contributed by atoms with Gasteiger partial charge in [-0.15, -0.1) is 0 Å². The molecule has 0 spiro atoms. The maximum Gasteiger partial charge on any atom is 0.262 e. The Kier molecular flexibility index (Phi) is 4.10. The third-order valence-electron chi connectivity index (χ3n) is 3.52. The molecule has 19 heavy (non-hydrogen) atoms. The first kappa shape index (κ1) is 13.9. The van der Waals surface area contributed by atoms with Crippen LogP contribution in [0.25, 0.3) is 0 Å². The van der Waals surface area contributed by atoms with Crippen LogP contribution in [-0.4, -0.2) is 36.1 Å². The van der Waals surface area contributed by atoms with E-state index in [4.69, 9.17) is 4.74 Å². The van der Waals surface area contributed by atoms with Gasteiger partial charge in [0.05, 0.1) is 6.10 Å². The number of aliphatic hydroxyl groups excluding tert-OH is 1. The predicted molar refractivity (Wildman–Crippen MR) is 73.1 cm³/mol. The van der Waals surface area contributed by atoms with Gasteiger partial charge in [0.15, 0.2) is 6.10 Å². The third kappa shape index (κ3) is 2.89. The van der Waals surface area contributed by atoms with Crippen LogP contribution >= 0.6 is 0 Å². The number of nitrogens with zero attached hydrogens (tertiary/aromatic N) is 1. The van der Waals surface area contributed by atoms with Crippen LogP contribution in [0.4, 0.5) is 0 Å². The van der Waals surface area contributed by atoms with Crippen molar-refractivity contribution in [3.05, 3.63) is 29.3 Å². The fraction of sp³-hybridized carbons (Fsp3) is 0.533. The number of benzene rings is 1. The molecule has 0 saturated heterocycles. The molecule has 0 fully saturated rings. The van der Waals surface area contributed by atoms with Crippen molar-refractivity contribution < 1.29 is 14.6 Å². The molecule has 2 rings (SSSR count). The maximum atomic E-state index is 11.8. The van der Waals surface area contributed by atoms with Crippen LogP contribution in [0, 0.1) is 0 Å². The van der Waals surface area contributed by atoms with Gasteiger partial charge in [-0.3, -0.25) is 4.79 Å². The van der Waals surface area contributed by atoms with Gasteiger partial charge in [-0.25, -0.2) is 0 Å². The van der Waals surface area contributed by atoms with Crippen LogP contribution in [0.3, 0.4) is 0 Å². The molecule has 4 nitrogen and oxygen atoms in total. The highest BCUT2D eigenvalue weighted by Gasteiger charge is 2.23. The van der Waals surface area contributed by atoms with Crippen molar-refractivity contribution in [2.24, 2.45) is 0 Å². The molecule has 0 saturated carbocycles.